The van der Waals surface area contributed by atoms with Gasteiger partial charge in [-0.25, -0.2) is 0 Å². The Labute approximate surface area is 125 Å². The van der Waals surface area contributed by atoms with E-state index in [1.165, 1.54) is 0 Å². The summed E-state index contributed by atoms with van der Waals surface area (Å²) in [5.74, 6) is 1.51. The van der Waals surface area contributed by atoms with E-state index in [9.17, 15) is 0 Å². The van der Waals surface area contributed by atoms with E-state index in [4.69, 9.17) is 16.2 Å². The monoisotopic (exact) mass is 285 g/mol. The molecule has 0 bridgehead atoms. The highest BCUT2D eigenvalue weighted by atomic mass is 16.5. The van der Waals surface area contributed by atoms with Crippen molar-refractivity contribution in [2.75, 3.05) is 12.3 Å². The highest BCUT2D eigenvalue weighted by Gasteiger charge is 2.22. The molecule has 1 aromatic heterocycles. The van der Waals surface area contributed by atoms with Gasteiger partial charge < -0.3 is 16.2 Å². The van der Waals surface area contributed by atoms with Crippen molar-refractivity contribution < 1.29 is 4.74 Å². The molecule has 112 valence electrons. The van der Waals surface area contributed by atoms with Gasteiger partial charge >= 0.3 is 0 Å². The number of anilines is 1. The van der Waals surface area contributed by atoms with Crippen LogP contribution in [0.3, 0.4) is 0 Å². The van der Waals surface area contributed by atoms with Crippen LogP contribution in [-0.4, -0.2) is 17.6 Å². The lowest BCUT2D eigenvalue weighted by atomic mass is 9.87. The number of aromatic nitrogens is 1. The van der Waals surface area contributed by atoms with Crippen LogP contribution < -0.4 is 16.2 Å². The van der Waals surface area contributed by atoms with Crippen molar-refractivity contribution in [3.63, 3.8) is 0 Å². The van der Waals surface area contributed by atoms with E-state index in [1.807, 2.05) is 31.2 Å². The largest absolute Gasteiger partial charge is 0.490 e. The third-order valence-electron chi connectivity index (χ3n) is 4.37. The van der Waals surface area contributed by atoms with Gasteiger partial charge in [0.15, 0.2) is 0 Å². The predicted octanol–water partition coefficient (Wildman–Crippen LogP) is 3.02. The Morgan fingerprint density at radius 3 is 2.71 bits per heavy atom. The van der Waals surface area contributed by atoms with Crippen molar-refractivity contribution in [1.29, 1.82) is 0 Å². The number of hydrogen-bond donors (Lipinski definition) is 2. The van der Waals surface area contributed by atoms with E-state index in [-0.39, 0.29) is 6.10 Å². The second-order valence-corrected chi connectivity index (χ2v) is 6.00. The van der Waals surface area contributed by atoms with Crippen LogP contribution in [0.25, 0.3) is 10.9 Å². The van der Waals surface area contributed by atoms with Gasteiger partial charge in [-0.1, -0.05) is 6.07 Å². The van der Waals surface area contributed by atoms with Gasteiger partial charge in [0.2, 0.25) is 0 Å². The summed E-state index contributed by atoms with van der Waals surface area (Å²) < 4.78 is 6.22. The van der Waals surface area contributed by atoms with Crippen LogP contribution in [0.4, 0.5) is 5.69 Å². The smallest absolute Gasteiger partial charge is 0.131 e. The number of ether oxygens (including phenoxy) is 1. The normalized spacial score (nSPS) is 22.4. The number of nitrogen functional groups attached to an aromatic ring is 1. The number of nitrogens with two attached hydrogens (primary N) is 2. The first-order chi connectivity index (χ1) is 10.2. The Morgan fingerprint density at radius 1 is 1.24 bits per heavy atom. The van der Waals surface area contributed by atoms with Crippen LogP contribution >= 0.6 is 0 Å². The fourth-order valence-corrected chi connectivity index (χ4v) is 3.19. The molecule has 1 aliphatic carbocycles. The van der Waals surface area contributed by atoms with Gasteiger partial charge in [0.1, 0.15) is 5.75 Å². The zero-order chi connectivity index (χ0) is 14.8. The SMILES string of the molecule is Cc1cc(N)c2c(O[C@H]3CC[C@H](CN)CC3)cccc2n1. The van der Waals surface area contributed by atoms with Crippen molar-refractivity contribution in [3.05, 3.63) is 30.0 Å². The van der Waals surface area contributed by atoms with E-state index >= 15 is 0 Å². The fraction of sp³-hybridized carbons (Fsp3) is 0.471. The molecule has 0 amide bonds. The zero-order valence-electron chi connectivity index (χ0n) is 12.5. The first-order valence-electron chi connectivity index (χ1n) is 7.70. The van der Waals surface area contributed by atoms with Crippen molar-refractivity contribution in [2.24, 2.45) is 11.7 Å². The fourth-order valence-electron chi connectivity index (χ4n) is 3.19. The van der Waals surface area contributed by atoms with Gasteiger partial charge in [-0.2, -0.15) is 0 Å². The minimum Gasteiger partial charge on any atom is -0.490 e. The molecule has 1 heterocycles. The second kappa shape index (κ2) is 5.90. The third-order valence-corrected chi connectivity index (χ3v) is 4.37. The van der Waals surface area contributed by atoms with Gasteiger partial charge in [-0.3, -0.25) is 4.98 Å². The van der Waals surface area contributed by atoms with Crippen molar-refractivity contribution in [2.45, 2.75) is 38.7 Å². The van der Waals surface area contributed by atoms with Gasteiger partial charge in [0.05, 0.1) is 17.0 Å². The highest BCUT2D eigenvalue weighted by Crippen LogP contribution is 2.33. The lowest BCUT2D eigenvalue weighted by Crippen LogP contribution is -2.27. The molecule has 0 saturated heterocycles. The Morgan fingerprint density at radius 2 is 2.00 bits per heavy atom. The summed E-state index contributed by atoms with van der Waals surface area (Å²) in [6.45, 7) is 2.74. The highest BCUT2D eigenvalue weighted by molar-refractivity contribution is 5.95. The second-order valence-electron chi connectivity index (χ2n) is 6.00. The minimum absolute atomic E-state index is 0.263. The molecule has 4 heteroatoms. The van der Waals surface area contributed by atoms with Gasteiger partial charge in [0, 0.05) is 11.4 Å². The van der Waals surface area contributed by atoms with Gasteiger partial charge in [-0.15, -0.1) is 0 Å². The number of aryl methyl sites for hydroxylation is 1. The summed E-state index contributed by atoms with van der Waals surface area (Å²) >= 11 is 0. The summed E-state index contributed by atoms with van der Waals surface area (Å²) in [5, 5.41) is 0.934. The van der Waals surface area contributed by atoms with Crippen LogP contribution in [0, 0.1) is 12.8 Å². The molecule has 4 N–H and O–H groups in total. The quantitative estimate of drug-likeness (QED) is 0.909. The average Bonchev–Trinajstić information content (AvgIpc) is 2.47. The lowest BCUT2D eigenvalue weighted by molar-refractivity contribution is 0.135. The van der Waals surface area contributed by atoms with E-state index in [0.29, 0.717) is 5.92 Å². The van der Waals surface area contributed by atoms with E-state index in [2.05, 4.69) is 4.98 Å². The summed E-state index contributed by atoms with van der Waals surface area (Å²) in [4.78, 5) is 4.54. The lowest BCUT2D eigenvalue weighted by Gasteiger charge is -2.28. The zero-order valence-corrected chi connectivity index (χ0v) is 12.5. The Hall–Kier alpha value is -1.81. The van der Waals surface area contributed by atoms with Gasteiger partial charge in [0.25, 0.3) is 0 Å². The average molecular weight is 285 g/mol. The Balaban J connectivity index is 1.84. The maximum atomic E-state index is 6.22. The molecular weight excluding hydrogens is 262 g/mol. The van der Waals surface area contributed by atoms with Gasteiger partial charge in [-0.05, 0) is 63.3 Å². The molecule has 1 aromatic carbocycles. The van der Waals surface area contributed by atoms with Crippen molar-refractivity contribution >= 4 is 16.6 Å². The van der Waals surface area contributed by atoms with Crippen LogP contribution in [-0.2, 0) is 0 Å². The number of fused-ring (bicyclic) bond motifs is 1. The Kier molecular flexibility index (Phi) is 3.97. The molecule has 3 rings (SSSR count). The molecular formula is C17H23N3O. The molecule has 0 aliphatic heterocycles. The van der Waals surface area contributed by atoms with Crippen molar-refractivity contribution in [1.82, 2.24) is 4.98 Å². The standard InChI is InChI=1S/C17H23N3O/c1-11-9-14(19)17-15(20-11)3-2-4-16(17)21-13-7-5-12(10-18)6-8-13/h2-4,9,12-13H,5-8,10,18H2,1H3,(H2,19,20)/t12-,13-. The molecule has 1 aliphatic rings. The maximum Gasteiger partial charge on any atom is 0.131 e. The summed E-state index contributed by atoms with van der Waals surface area (Å²) in [7, 11) is 0. The first-order valence-corrected chi connectivity index (χ1v) is 7.70. The number of hydrogen-bond acceptors (Lipinski definition) is 4. The predicted molar refractivity (Wildman–Crippen MR) is 86.3 cm³/mol. The van der Waals surface area contributed by atoms with Crippen molar-refractivity contribution in [3.8, 4) is 5.75 Å². The van der Waals surface area contributed by atoms with Crippen LogP contribution in [0.5, 0.6) is 5.75 Å². The van der Waals surface area contributed by atoms with E-state index in [1.54, 1.807) is 0 Å². The molecule has 0 spiro atoms. The number of nitrogens with zero attached hydrogens (tertiary/aromatic N) is 1. The molecule has 0 atom stereocenters. The topological polar surface area (TPSA) is 74.2 Å². The molecule has 1 saturated carbocycles. The summed E-state index contributed by atoms with van der Waals surface area (Å²) in [5.41, 5.74) is 14.5. The van der Waals surface area contributed by atoms with Crippen LogP contribution in [0.1, 0.15) is 31.4 Å². The van der Waals surface area contributed by atoms with Crippen LogP contribution in [0.15, 0.2) is 24.3 Å². The number of benzene rings is 1. The summed E-state index contributed by atoms with van der Waals surface area (Å²) in [6, 6.07) is 7.86. The Bertz CT molecular complexity index is 633. The molecule has 4 nitrogen and oxygen atoms in total. The van der Waals surface area contributed by atoms with E-state index < -0.39 is 0 Å². The molecule has 0 unspecified atom stereocenters. The van der Waals surface area contributed by atoms with E-state index in [0.717, 1.165) is 60.3 Å². The van der Waals surface area contributed by atoms with Crippen LogP contribution in [0.2, 0.25) is 0 Å². The minimum atomic E-state index is 0.263. The summed E-state index contributed by atoms with van der Waals surface area (Å²) in [6.07, 6.45) is 4.70. The number of pyridine rings is 1. The first kappa shape index (κ1) is 14.1. The number of rotatable bonds is 3. The third kappa shape index (κ3) is 2.95. The molecule has 1 fully saturated rings. The molecule has 0 radical (unpaired) electrons. The molecule has 21 heavy (non-hydrogen) atoms. The maximum absolute atomic E-state index is 6.22. The molecule has 2 aromatic rings.